The first-order chi connectivity index (χ1) is 15.8. The van der Waals surface area contributed by atoms with E-state index in [2.05, 4.69) is 45.0 Å². The Morgan fingerprint density at radius 2 is 1.38 bits per heavy atom. The van der Waals surface area contributed by atoms with E-state index in [0.717, 1.165) is 29.6 Å². The Morgan fingerprint density at radius 3 is 2.12 bits per heavy atom. The first kappa shape index (κ1) is 25.8. The Bertz CT molecular complexity index is 616. The summed E-state index contributed by atoms with van der Waals surface area (Å²) in [4.78, 5) is 0. The Hall–Kier alpha value is -0.780. The second kappa shape index (κ2) is 14.5. The number of benzene rings is 1. The van der Waals surface area contributed by atoms with Crippen molar-refractivity contribution in [2.24, 2.45) is 23.7 Å². The molecule has 0 aromatic heterocycles. The van der Waals surface area contributed by atoms with Gasteiger partial charge in [-0.1, -0.05) is 122 Å². The molecule has 32 heavy (non-hydrogen) atoms. The molecule has 0 heterocycles. The van der Waals surface area contributed by atoms with E-state index in [9.17, 15) is 0 Å². The number of unbranched alkanes of at least 4 members (excludes halogenated alkanes) is 6. The van der Waals surface area contributed by atoms with Crippen LogP contribution in [0.25, 0.3) is 0 Å². The van der Waals surface area contributed by atoms with E-state index in [0.29, 0.717) is 0 Å². The second-order valence-electron chi connectivity index (χ2n) is 11.5. The van der Waals surface area contributed by atoms with E-state index >= 15 is 0 Å². The van der Waals surface area contributed by atoms with Gasteiger partial charge >= 0.3 is 0 Å². The molecule has 0 saturated heterocycles. The maximum absolute atomic E-state index is 2.59. The third kappa shape index (κ3) is 7.63. The van der Waals surface area contributed by atoms with Crippen LogP contribution in [-0.2, 0) is 6.42 Å². The Labute approximate surface area is 201 Å². The topological polar surface area (TPSA) is 0 Å². The van der Waals surface area contributed by atoms with Gasteiger partial charge in [-0.25, -0.2) is 0 Å². The molecule has 2 aliphatic rings. The van der Waals surface area contributed by atoms with Gasteiger partial charge in [0.1, 0.15) is 0 Å². The zero-order valence-electron chi connectivity index (χ0n) is 21.9. The van der Waals surface area contributed by atoms with E-state index < -0.39 is 0 Å². The number of hydrogen-bond acceptors (Lipinski definition) is 0. The minimum Gasteiger partial charge on any atom is -0.0654 e. The van der Waals surface area contributed by atoms with Crippen molar-refractivity contribution in [1.29, 1.82) is 0 Å². The Morgan fingerprint density at radius 1 is 0.688 bits per heavy atom. The molecule has 2 aliphatic carbocycles. The molecule has 1 aromatic carbocycles. The fourth-order valence-electron chi connectivity index (χ4n) is 7.37. The molecule has 0 radical (unpaired) electrons. The van der Waals surface area contributed by atoms with E-state index in [4.69, 9.17) is 0 Å². The minimum atomic E-state index is 0.823. The molecule has 182 valence electrons. The van der Waals surface area contributed by atoms with Crippen molar-refractivity contribution >= 4 is 0 Å². The molecule has 2 fully saturated rings. The van der Waals surface area contributed by atoms with Crippen LogP contribution in [0.5, 0.6) is 0 Å². The average molecular weight is 439 g/mol. The maximum atomic E-state index is 2.59. The fraction of sp³-hybridized carbons (Fsp3) is 0.812. The summed E-state index contributed by atoms with van der Waals surface area (Å²) in [6.45, 7) is 7.04. The minimum absolute atomic E-state index is 0.823. The molecule has 0 amide bonds. The standard InChI is InChI=1S/C32H54/c1-4-7-10-15-26-16-13-20-28(24-26)29-22-23-32(30(25-29)18-12-9-6-3)31-21-14-19-27(31)17-11-8-5-2/h13,16,20,24,27,29-32H,4-12,14-15,17-19,21-23,25H2,1-3H3. The van der Waals surface area contributed by atoms with Gasteiger partial charge in [0.2, 0.25) is 0 Å². The molecular weight excluding hydrogens is 384 g/mol. The van der Waals surface area contributed by atoms with Crippen LogP contribution in [0.15, 0.2) is 24.3 Å². The number of aryl methyl sites for hydroxylation is 1. The third-order valence-corrected chi connectivity index (χ3v) is 9.16. The van der Waals surface area contributed by atoms with E-state index in [1.165, 1.54) is 109 Å². The van der Waals surface area contributed by atoms with Crippen molar-refractivity contribution in [3.05, 3.63) is 35.4 Å². The highest BCUT2D eigenvalue weighted by molar-refractivity contribution is 5.27. The quantitative estimate of drug-likeness (QED) is 0.253. The number of rotatable bonds is 14. The molecule has 0 N–H and O–H groups in total. The molecule has 0 aliphatic heterocycles. The van der Waals surface area contributed by atoms with Gasteiger partial charge in [0, 0.05) is 0 Å². The van der Waals surface area contributed by atoms with Crippen LogP contribution in [0, 0.1) is 23.7 Å². The Balaban J connectivity index is 1.65. The van der Waals surface area contributed by atoms with E-state index in [1.54, 1.807) is 17.5 Å². The van der Waals surface area contributed by atoms with Gasteiger partial charge in [0.25, 0.3) is 0 Å². The molecule has 0 nitrogen and oxygen atoms in total. The summed E-state index contributed by atoms with van der Waals surface area (Å²) in [5.41, 5.74) is 3.26. The lowest BCUT2D eigenvalue weighted by atomic mass is 9.63. The van der Waals surface area contributed by atoms with Crippen LogP contribution in [-0.4, -0.2) is 0 Å². The fourth-order valence-corrected chi connectivity index (χ4v) is 7.37. The molecule has 0 bridgehead atoms. The summed E-state index contributed by atoms with van der Waals surface area (Å²) in [5, 5.41) is 0. The van der Waals surface area contributed by atoms with Crippen LogP contribution in [0.1, 0.15) is 147 Å². The van der Waals surface area contributed by atoms with Crippen LogP contribution >= 0.6 is 0 Å². The summed E-state index contributed by atoms with van der Waals surface area (Å²) in [5.74, 6) is 4.95. The van der Waals surface area contributed by atoms with Crippen LogP contribution in [0.2, 0.25) is 0 Å². The van der Waals surface area contributed by atoms with Crippen LogP contribution < -0.4 is 0 Å². The normalized spacial score (nSPS) is 28.3. The molecule has 3 rings (SSSR count). The summed E-state index contributed by atoms with van der Waals surface area (Å²) in [7, 11) is 0. The van der Waals surface area contributed by atoms with Crippen molar-refractivity contribution in [3.8, 4) is 0 Å². The second-order valence-corrected chi connectivity index (χ2v) is 11.5. The van der Waals surface area contributed by atoms with Gasteiger partial charge in [-0.2, -0.15) is 0 Å². The summed E-state index contributed by atoms with van der Waals surface area (Å²) >= 11 is 0. The van der Waals surface area contributed by atoms with Crippen molar-refractivity contribution in [1.82, 2.24) is 0 Å². The van der Waals surface area contributed by atoms with Crippen LogP contribution in [0.4, 0.5) is 0 Å². The van der Waals surface area contributed by atoms with Crippen molar-refractivity contribution in [2.75, 3.05) is 0 Å². The van der Waals surface area contributed by atoms with Gasteiger partial charge < -0.3 is 0 Å². The summed E-state index contributed by atoms with van der Waals surface area (Å²) in [6.07, 6.45) is 26.0. The van der Waals surface area contributed by atoms with Gasteiger partial charge in [-0.15, -0.1) is 0 Å². The van der Waals surface area contributed by atoms with Crippen molar-refractivity contribution in [2.45, 2.75) is 142 Å². The van der Waals surface area contributed by atoms with Gasteiger partial charge in [-0.05, 0) is 79.2 Å². The van der Waals surface area contributed by atoms with Crippen LogP contribution in [0.3, 0.4) is 0 Å². The van der Waals surface area contributed by atoms with Gasteiger partial charge in [-0.3, -0.25) is 0 Å². The highest BCUT2D eigenvalue weighted by Crippen LogP contribution is 2.51. The largest absolute Gasteiger partial charge is 0.0654 e. The first-order valence-corrected chi connectivity index (χ1v) is 14.9. The zero-order valence-corrected chi connectivity index (χ0v) is 21.9. The zero-order chi connectivity index (χ0) is 22.6. The number of hydrogen-bond donors (Lipinski definition) is 0. The highest BCUT2D eigenvalue weighted by atomic mass is 14.5. The lowest BCUT2D eigenvalue weighted by molar-refractivity contribution is 0.107. The smallest absolute Gasteiger partial charge is 0.0159 e. The van der Waals surface area contributed by atoms with Crippen molar-refractivity contribution < 1.29 is 0 Å². The maximum Gasteiger partial charge on any atom is -0.0159 e. The molecule has 0 spiro atoms. The van der Waals surface area contributed by atoms with Gasteiger partial charge in [0.05, 0.1) is 0 Å². The van der Waals surface area contributed by atoms with E-state index in [1.807, 2.05) is 0 Å². The molecule has 5 unspecified atom stereocenters. The van der Waals surface area contributed by atoms with E-state index in [-0.39, 0.29) is 0 Å². The SMILES string of the molecule is CCCCCc1cccc(C2CCC(C3CCCC3CCCCC)C(CCCCC)C2)c1. The average Bonchev–Trinajstić information content (AvgIpc) is 3.28. The first-order valence-electron chi connectivity index (χ1n) is 14.9. The predicted molar refractivity (Wildman–Crippen MR) is 142 cm³/mol. The predicted octanol–water partition coefficient (Wildman–Crippen LogP) is 10.5. The summed E-state index contributed by atoms with van der Waals surface area (Å²) < 4.78 is 0. The lowest BCUT2D eigenvalue weighted by Crippen LogP contribution is -2.32. The van der Waals surface area contributed by atoms with Gasteiger partial charge in [0.15, 0.2) is 0 Å². The van der Waals surface area contributed by atoms with Crippen molar-refractivity contribution in [3.63, 3.8) is 0 Å². The third-order valence-electron chi connectivity index (χ3n) is 9.16. The lowest BCUT2D eigenvalue weighted by Gasteiger charge is -2.42. The Kier molecular flexibility index (Phi) is 11.7. The molecule has 1 aromatic rings. The molecular formula is C32H54. The monoisotopic (exact) mass is 438 g/mol. The molecule has 0 heteroatoms. The summed E-state index contributed by atoms with van der Waals surface area (Å²) in [6, 6.07) is 9.78. The molecule has 2 saturated carbocycles. The highest BCUT2D eigenvalue weighted by Gasteiger charge is 2.40. The molecule has 5 atom stereocenters.